The Morgan fingerprint density at radius 3 is 2.65 bits per heavy atom. The van der Waals surface area contributed by atoms with Gasteiger partial charge in [0.15, 0.2) is 0 Å². The molecule has 1 aromatic rings. The third-order valence-corrected chi connectivity index (χ3v) is 2.68. The number of benzene rings is 1. The number of ether oxygens (including phenoxy) is 2. The molecule has 0 saturated heterocycles. The Balaban J connectivity index is 2.32. The van der Waals surface area contributed by atoms with E-state index >= 15 is 0 Å². The Labute approximate surface area is 116 Å². The smallest absolute Gasteiger partial charge is 0.411 e. The maximum absolute atomic E-state index is 11.8. The van der Waals surface area contributed by atoms with E-state index in [0.29, 0.717) is 5.75 Å². The Bertz CT molecular complexity index is 396. The van der Waals surface area contributed by atoms with Crippen LogP contribution in [0.2, 0.25) is 0 Å². The highest BCUT2D eigenvalue weighted by atomic mass is 19.4. The molecular formula is C14H20F3NO2. The predicted octanol–water partition coefficient (Wildman–Crippen LogP) is 2.92. The van der Waals surface area contributed by atoms with E-state index in [1.54, 1.807) is 6.07 Å². The van der Waals surface area contributed by atoms with E-state index in [2.05, 4.69) is 4.74 Å². The van der Waals surface area contributed by atoms with Crippen LogP contribution in [-0.2, 0) is 11.2 Å². The summed E-state index contributed by atoms with van der Waals surface area (Å²) in [4.78, 5) is 0. The number of hydrogen-bond acceptors (Lipinski definition) is 3. The van der Waals surface area contributed by atoms with Crippen molar-refractivity contribution in [3.63, 3.8) is 0 Å². The van der Waals surface area contributed by atoms with Crippen molar-refractivity contribution in [1.82, 2.24) is 0 Å². The number of rotatable bonds is 8. The second-order valence-corrected chi connectivity index (χ2v) is 4.54. The molecule has 0 amide bonds. The van der Waals surface area contributed by atoms with Crippen molar-refractivity contribution >= 4 is 0 Å². The molecule has 0 fully saturated rings. The lowest BCUT2D eigenvalue weighted by molar-refractivity contribution is -0.175. The van der Waals surface area contributed by atoms with E-state index in [1.165, 1.54) is 0 Å². The Morgan fingerprint density at radius 2 is 2.00 bits per heavy atom. The van der Waals surface area contributed by atoms with Gasteiger partial charge >= 0.3 is 6.18 Å². The Hall–Kier alpha value is -1.27. The summed E-state index contributed by atoms with van der Waals surface area (Å²) in [6.45, 7) is 0.752. The van der Waals surface area contributed by atoms with Crippen molar-refractivity contribution in [3.8, 4) is 5.75 Å². The fourth-order valence-corrected chi connectivity index (χ4v) is 1.62. The van der Waals surface area contributed by atoms with Crippen LogP contribution in [0.15, 0.2) is 24.3 Å². The largest absolute Gasteiger partial charge is 0.491 e. The molecule has 0 heterocycles. The highest BCUT2D eigenvalue weighted by molar-refractivity contribution is 5.29. The van der Waals surface area contributed by atoms with Crippen molar-refractivity contribution < 1.29 is 22.6 Å². The van der Waals surface area contributed by atoms with Crippen LogP contribution in [0.5, 0.6) is 5.75 Å². The van der Waals surface area contributed by atoms with Crippen LogP contribution in [-0.4, -0.2) is 32.0 Å². The van der Waals surface area contributed by atoms with E-state index in [4.69, 9.17) is 10.5 Å². The molecule has 1 unspecified atom stereocenters. The monoisotopic (exact) mass is 291 g/mol. The minimum absolute atomic E-state index is 0.0827. The minimum atomic E-state index is -4.30. The number of alkyl halides is 3. The topological polar surface area (TPSA) is 44.5 Å². The number of halogens is 3. The van der Waals surface area contributed by atoms with Crippen LogP contribution in [0.3, 0.4) is 0 Å². The van der Waals surface area contributed by atoms with E-state index in [0.717, 1.165) is 18.4 Å². The Kier molecular flexibility index (Phi) is 6.81. The standard InChI is InChI=1S/C14H20F3NO2/c1-2-12(18)8-11-4-3-5-13(9-11)20-7-6-19-10-14(15,16)17/h3-5,9,12H,2,6-8,10,18H2,1H3. The molecule has 1 rings (SSSR count). The first-order valence-corrected chi connectivity index (χ1v) is 6.52. The molecule has 0 aliphatic carbocycles. The summed E-state index contributed by atoms with van der Waals surface area (Å²) >= 11 is 0. The molecular weight excluding hydrogens is 271 g/mol. The number of nitrogens with two attached hydrogens (primary N) is 1. The van der Waals surface area contributed by atoms with Crippen LogP contribution >= 0.6 is 0 Å². The van der Waals surface area contributed by atoms with Crippen molar-refractivity contribution in [2.45, 2.75) is 32.0 Å². The predicted molar refractivity (Wildman–Crippen MR) is 70.8 cm³/mol. The van der Waals surface area contributed by atoms with Crippen LogP contribution in [0.4, 0.5) is 13.2 Å². The van der Waals surface area contributed by atoms with E-state index in [-0.39, 0.29) is 19.3 Å². The molecule has 6 heteroatoms. The molecule has 3 nitrogen and oxygen atoms in total. The molecule has 0 radical (unpaired) electrons. The average Bonchev–Trinajstić information content (AvgIpc) is 2.37. The third-order valence-electron chi connectivity index (χ3n) is 2.68. The molecule has 0 aromatic heterocycles. The summed E-state index contributed by atoms with van der Waals surface area (Å²) in [7, 11) is 0. The molecule has 2 N–H and O–H groups in total. The highest BCUT2D eigenvalue weighted by Crippen LogP contribution is 2.16. The van der Waals surface area contributed by atoms with Crippen LogP contribution < -0.4 is 10.5 Å². The van der Waals surface area contributed by atoms with Gasteiger partial charge in [0.1, 0.15) is 19.0 Å². The van der Waals surface area contributed by atoms with Crippen LogP contribution in [0.25, 0.3) is 0 Å². The lowest BCUT2D eigenvalue weighted by Gasteiger charge is -2.11. The van der Waals surface area contributed by atoms with Crippen molar-refractivity contribution in [2.24, 2.45) is 5.73 Å². The first-order valence-electron chi connectivity index (χ1n) is 6.52. The zero-order valence-electron chi connectivity index (χ0n) is 11.5. The fourth-order valence-electron chi connectivity index (χ4n) is 1.62. The first kappa shape index (κ1) is 16.8. The zero-order valence-corrected chi connectivity index (χ0v) is 11.5. The summed E-state index contributed by atoms with van der Waals surface area (Å²) in [5.41, 5.74) is 6.92. The summed E-state index contributed by atoms with van der Waals surface area (Å²) in [5, 5.41) is 0. The van der Waals surface area contributed by atoms with Gasteiger partial charge in [0, 0.05) is 6.04 Å². The molecule has 0 spiro atoms. The molecule has 0 saturated carbocycles. The summed E-state index contributed by atoms with van der Waals surface area (Å²) in [6, 6.07) is 7.48. The van der Waals surface area contributed by atoms with Gasteiger partial charge < -0.3 is 15.2 Å². The second kappa shape index (κ2) is 8.11. The maximum atomic E-state index is 11.8. The molecule has 0 bridgehead atoms. The van der Waals surface area contributed by atoms with Gasteiger partial charge in [0.05, 0.1) is 6.61 Å². The lowest BCUT2D eigenvalue weighted by Crippen LogP contribution is -2.21. The fraction of sp³-hybridized carbons (Fsp3) is 0.571. The van der Waals surface area contributed by atoms with Gasteiger partial charge in [-0.1, -0.05) is 19.1 Å². The molecule has 114 valence electrons. The van der Waals surface area contributed by atoms with Gasteiger partial charge in [-0.3, -0.25) is 0 Å². The van der Waals surface area contributed by atoms with Crippen molar-refractivity contribution in [2.75, 3.05) is 19.8 Å². The summed E-state index contributed by atoms with van der Waals surface area (Å²) in [5.74, 6) is 0.612. The van der Waals surface area contributed by atoms with Crippen LogP contribution in [0.1, 0.15) is 18.9 Å². The van der Waals surface area contributed by atoms with E-state index < -0.39 is 12.8 Å². The Morgan fingerprint density at radius 1 is 1.25 bits per heavy atom. The molecule has 1 atom stereocenters. The van der Waals surface area contributed by atoms with Gasteiger partial charge in [-0.2, -0.15) is 13.2 Å². The van der Waals surface area contributed by atoms with E-state index in [9.17, 15) is 13.2 Å². The number of hydrogen-bond donors (Lipinski definition) is 1. The van der Waals surface area contributed by atoms with E-state index in [1.807, 2.05) is 25.1 Å². The average molecular weight is 291 g/mol. The second-order valence-electron chi connectivity index (χ2n) is 4.54. The third kappa shape index (κ3) is 7.35. The van der Waals surface area contributed by atoms with Crippen molar-refractivity contribution in [1.29, 1.82) is 0 Å². The van der Waals surface area contributed by atoms with Crippen molar-refractivity contribution in [3.05, 3.63) is 29.8 Å². The van der Waals surface area contributed by atoms with Gasteiger partial charge in [-0.15, -0.1) is 0 Å². The first-order chi connectivity index (χ1) is 9.40. The maximum Gasteiger partial charge on any atom is 0.411 e. The van der Waals surface area contributed by atoms with Gasteiger partial charge in [-0.25, -0.2) is 0 Å². The quantitative estimate of drug-likeness (QED) is 0.749. The zero-order chi connectivity index (χ0) is 15.0. The molecule has 0 aliphatic heterocycles. The van der Waals surface area contributed by atoms with Gasteiger partial charge in [-0.05, 0) is 30.5 Å². The molecule has 20 heavy (non-hydrogen) atoms. The summed E-state index contributed by atoms with van der Waals surface area (Å²) in [6.07, 6.45) is -2.66. The van der Waals surface area contributed by atoms with Gasteiger partial charge in [0.2, 0.25) is 0 Å². The lowest BCUT2D eigenvalue weighted by atomic mass is 10.0. The molecule has 1 aromatic carbocycles. The van der Waals surface area contributed by atoms with Crippen LogP contribution in [0, 0.1) is 0 Å². The normalized spacial score (nSPS) is 13.2. The molecule has 0 aliphatic rings. The van der Waals surface area contributed by atoms with Gasteiger partial charge in [0.25, 0.3) is 0 Å². The highest BCUT2D eigenvalue weighted by Gasteiger charge is 2.27. The SMILES string of the molecule is CCC(N)Cc1cccc(OCCOCC(F)(F)F)c1. The summed E-state index contributed by atoms with van der Waals surface area (Å²) < 4.78 is 45.3. The minimum Gasteiger partial charge on any atom is -0.491 e.